The Kier molecular flexibility index (Phi) is 8.60. The molecule has 1 unspecified atom stereocenters. The van der Waals surface area contributed by atoms with Crippen LogP contribution in [0.25, 0.3) is 0 Å². The molecule has 0 aliphatic carbocycles. The van der Waals surface area contributed by atoms with Crippen LogP contribution in [0.5, 0.6) is 0 Å². The topological polar surface area (TPSA) is 18.5 Å². The van der Waals surface area contributed by atoms with Crippen LogP contribution in [0.3, 0.4) is 0 Å². The molecular formula is C16H21F11O2. The molecule has 0 saturated carbocycles. The largest absolute Gasteiger partial charge is 0.460 e. The monoisotopic (exact) mass is 454 g/mol. The fourth-order valence-corrected chi connectivity index (χ4v) is 2.66. The van der Waals surface area contributed by atoms with Gasteiger partial charge in [-0.05, 0) is 38.5 Å². The number of alkyl halides is 11. The van der Waals surface area contributed by atoms with E-state index in [0.29, 0.717) is 13.0 Å². The highest BCUT2D eigenvalue weighted by atomic mass is 19.4. The lowest BCUT2D eigenvalue weighted by atomic mass is 9.95. The zero-order valence-corrected chi connectivity index (χ0v) is 15.1. The van der Waals surface area contributed by atoms with E-state index in [2.05, 4.69) is 0 Å². The molecular weight excluding hydrogens is 433 g/mol. The van der Waals surface area contributed by atoms with Crippen LogP contribution >= 0.6 is 0 Å². The van der Waals surface area contributed by atoms with E-state index in [1.165, 1.54) is 0 Å². The van der Waals surface area contributed by atoms with Crippen molar-refractivity contribution in [1.29, 1.82) is 0 Å². The molecule has 1 fully saturated rings. The van der Waals surface area contributed by atoms with Gasteiger partial charge in [-0.25, -0.2) is 0 Å². The van der Waals surface area contributed by atoms with Crippen molar-refractivity contribution in [3.63, 3.8) is 0 Å². The third kappa shape index (κ3) is 5.86. The zero-order valence-electron chi connectivity index (χ0n) is 15.1. The highest BCUT2D eigenvalue weighted by molar-refractivity contribution is 5.06. The smallest absolute Gasteiger partial charge is 0.381 e. The summed E-state index contributed by atoms with van der Waals surface area (Å²) in [4.78, 5) is 0. The lowest BCUT2D eigenvalue weighted by Gasteiger charge is -2.37. The van der Waals surface area contributed by atoms with E-state index in [9.17, 15) is 48.3 Å². The predicted octanol–water partition coefficient (Wildman–Crippen LogP) is 6.24. The number of rotatable bonds is 11. The summed E-state index contributed by atoms with van der Waals surface area (Å²) < 4.78 is 151. The molecule has 13 heteroatoms. The van der Waals surface area contributed by atoms with Gasteiger partial charge in [0.15, 0.2) is 0 Å². The quantitative estimate of drug-likeness (QED) is 0.272. The number of halogens is 11. The average Bonchev–Trinajstić information content (AvgIpc) is 2.60. The highest BCUT2D eigenvalue weighted by Crippen LogP contribution is 2.58. The van der Waals surface area contributed by atoms with Crippen molar-refractivity contribution in [2.45, 2.75) is 80.9 Å². The van der Waals surface area contributed by atoms with Crippen LogP contribution in [0.2, 0.25) is 0 Å². The minimum atomic E-state index is -7.34. The van der Waals surface area contributed by atoms with Crippen molar-refractivity contribution >= 4 is 0 Å². The molecule has 0 radical (unpaired) electrons. The molecule has 2 nitrogen and oxygen atoms in total. The molecule has 1 atom stereocenters. The molecule has 0 aromatic rings. The van der Waals surface area contributed by atoms with Gasteiger partial charge in [0.05, 0.1) is 6.10 Å². The number of ether oxygens (including phenoxy) is 2. The van der Waals surface area contributed by atoms with Crippen molar-refractivity contribution in [2.24, 2.45) is 0 Å². The molecule has 0 spiro atoms. The molecule has 1 rings (SSSR count). The SMILES string of the molecule is FC(F)(F)C(F)(F)C(F)(F)C(F)(F)C(F)(F)CCCCOCCC1CCCCO1. The van der Waals surface area contributed by atoms with E-state index in [1.807, 2.05) is 0 Å². The van der Waals surface area contributed by atoms with Crippen LogP contribution in [0.1, 0.15) is 44.9 Å². The Morgan fingerprint density at radius 1 is 0.724 bits per heavy atom. The first-order valence-corrected chi connectivity index (χ1v) is 8.85. The highest BCUT2D eigenvalue weighted by Gasteiger charge is 2.86. The van der Waals surface area contributed by atoms with Gasteiger partial charge in [0.1, 0.15) is 0 Å². The molecule has 1 aliphatic rings. The summed E-state index contributed by atoms with van der Waals surface area (Å²) in [5.41, 5.74) is 0. The van der Waals surface area contributed by atoms with E-state index < -0.39 is 42.7 Å². The fourth-order valence-electron chi connectivity index (χ4n) is 2.66. The van der Waals surface area contributed by atoms with Crippen molar-refractivity contribution in [3.05, 3.63) is 0 Å². The Morgan fingerprint density at radius 2 is 1.34 bits per heavy atom. The summed E-state index contributed by atoms with van der Waals surface area (Å²) in [7, 11) is 0. The first-order valence-electron chi connectivity index (χ1n) is 8.85. The molecule has 1 heterocycles. The molecule has 0 aromatic carbocycles. The van der Waals surface area contributed by atoms with Gasteiger partial charge in [-0.15, -0.1) is 0 Å². The van der Waals surface area contributed by atoms with Gasteiger partial charge in [0.25, 0.3) is 0 Å². The van der Waals surface area contributed by atoms with Gasteiger partial charge in [0.2, 0.25) is 0 Å². The molecule has 0 aromatic heterocycles. The second-order valence-corrected chi connectivity index (χ2v) is 6.77. The number of hydrogen-bond donors (Lipinski definition) is 0. The van der Waals surface area contributed by atoms with E-state index in [4.69, 9.17) is 9.47 Å². The van der Waals surface area contributed by atoms with Crippen molar-refractivity contribution < 1.29 is 57.8 Å². The summed E-state index contributed by atoms with van der Waals surface area (Å²) in [5.74, 6) is -27.4. The maximum Gasteiger partial charge on any atom is 0.460 e. The summed E-state index contributed by atoms with van der Waals surface area (Å²) in [6.07, 6.45) is -7.09. The van der Waals surface area contributed by atoms with Crippen LogP contribution < -0.4 is 0 Å². The molecule has 0 N–H and O–H groups in total. The maximum atomic E-state index is 13.4. The zero-order chi connectivity index (χ0) is 22.6. The number of unbranched alkanes of at least 4 members (excludes halogenated alkanes) is 1. The Balaban J connectivity index is 2.49. The van der Waals surface area contributed by atoms with E-state index in [-0.39, 0.29) is 25.7 Å². The Bertz CT molecular complexity index is 500. The lowest BCUT2D eigenvalue weighted by molar-refractivity contribution is -0.422. The van der Waals surface area contributed by atoms with E-state index >= 15 is 0 Å². The minimum absolute atomic E-state index is 0.0238. The second kappa shape index (κ2) is 9.52. The van der Waals surface area contributed by atoms with Crippen LogP contribution in [0.15, 0.2) is 0 Å². The molecule has 1 aliphatic heterocycles. The minimum Gasteiger partial charge on any atom is -0.381 e. The van der Waals surface area contributed by atoms with Crippen molar-refractivity contribution in [1.82, 2.24) is 0 Å². The van der Waals surface area contributed by atoms with Gasteiger partial charge < -0.3 is 9.47 Å². The first kappa shape index (κ1) is 26.2. The molecule has 29 heavy (non-hydrogen) atoms. The first-order chi connectivity index (χ1) is 13.1. The van der Waals surface area contributed by atoms with Crippen molar-refractivity contribution in [2.75, 3.05) is 19.8 Å². The average molecular weight is 454 g/mol. The second-order valence-electron chi connectivity index (χ2n) is 6.77. The third-order valence-corrected chi connectivity index (χ3v) is 4.49. The van der Waals surface area contributed by atoms with Crippen LogP contribution in [0, 0.1) is 0 Å². The Hall–Kier alpha value is -0.850. The summed E-state index contributed by atoms with van der Waals surface area (Å²) in [5, 5.41) is 0. The van der Waals surface area contributed by atoms with E-state index in [0.717, 1.165) is 19.3 Å². The van der Waals surface area contributed by atoms with Gasteiger partial charge >= 0.3 is 29.9 Å². The maximum absolute atomic E-state index is 13.4. The Morgan fingerprint density at radius 3 is 1.86 bits per heavy atom. The third-order valence-electron chi connectivity index (χ3n) is 4.49. The van der Waals surface area contributed by atoms with Crippen LogP contribution in [-0.2, 0) is 9.47 Å². The number of hydrogen-bond acceptors (Lipinski definition) is 2. The molecule has 1 saturated heterocycles. The van der Waals surface area contributed by atoms with Crippen LogP contribution in [-0.4, -0.2) is 55.8 Å². The predicted molar refractivity (Wildman–Crippen MR) is 78.7 cm³/mol. The Labute approximate surface area is 159 Å². The normalized spacial score (nSPS) is 20.2. The summed E-state index contributed by atoms with van der Waals surface area (Å²) >= 11 is 0. The van der Waals surface area contributed by atoms with Gasteiger partial charge in [-0.2, -0.15) is 48.3 Å². The lowest BCUT2D eigenvalue weighted by Crippen LogP contribution is -2.66. The van der Waals surface area contributed by atoms with Crippen molar-refractivity contribution in [3.8, 4) is 0 Å². The van der Waals surface area contributed by atoms with Gasteiger partial charge in [-0.1, -0.05) is 0 Å². The summed E-state index contributed by atoms with van der Waals surface area (Å²) in [6.45, 7) is 0.572. The fraction of sp³-hybridized carbons (Fsp3) is 1.00. The van der Waals surface area contributed by atoms with Gasteiger partial charge in [0, 0.05) is 26.2 Å². The summed E-state index contributed by atoms with van der Waals surface area (Å²) in [6, 6.07) is 0. The molecule has 0 amide bonds. The van der Waals surface area contributed by atoms with Gasteiger partial charge in [-0.3, -0.25) is 0 Å². The van der Waals surface area contributed by atoms with Crippen LogP contribution in [0.4, 0.5) is 48.3 Å². The van der Waals surface area contributed by atoms with E-state index in [1.54, 1.807) is 0 Å². The molecule has 0 bridgehead atoms. The standard InChI is InChI=1S/C16H21F11O2/c17-12(18,13(19,20)14(21,22)15(23,24)16(25,26)27)7-2-4-8-28-10-6-11-5-1-3-9-29-11/h11H,1-10H2. The molecule has 174 valence electrons.